The van der Waals surface area contributed by atoms with Gasteiger partial charge < -0.3 is 10.0 Å². The van der Waals surface area contributed by atoms with Crippen molar-refractivity contribution in [2.45, 2.75) is 27.2 Å². The number of imidazole rings is 1. The fraction of sp³-hybridized carbons (Fsp3) is 0.400. The van der Waals surface area contributed by atoms with E-state index < -0.39 is 5.97 Å². The van der Waals surface area contributed by atoms with Crippen molar-refractivity contribution in [3.8, 4) is 0 Å². The molecule has 0 aromatic carbocycles. The van der Waals surface area contributed by atoms with Crippen molar-refractivity contribution in [3.05, 3.63) is 33.7 Å². The second-order valence-corrected chi connectivity index (χ2v) is 5.99. The van der Waals surface area contributed by atoms with Gasteiger partial charge in [0.1, 0.15) is 5.69 Å². The number of pyridine rings is 1. The number of aryl methyl sites for hydroxylation is 2. The fourth-order valence-electron chi connectivity index (χ4n) is 2.39. The predicted octanol–water partition coefficient (Wildman–Crippen LogP) is 2.65. The van der Waals surface area contributed by atoms with E-state index in [4.69, 9.17) is 5.11 Å². The fourth-order valence-corrected chi connectivity index (χ4v) is 3.03. The summed E-state index contributed by atoms with van der Waals surface area (Å²) >= 11 is 3.46. The molecule has 2 aromatic heterocycles. The minimum atomic E-state index is -0.917. The van der Waals surface area contributed by atoms with Crippen LogP contribution < -0.4 is 0 Å². The summed E-state index contributed by atoms with van der Waals surface area (Å²) in [5.41, 5.74) is 2.79. The largest absolute Gasteiger partial charge is 0.481 e. The molecule has 0 saturated heterocycles. The van der Waals surface area contributed by atoms with E-state index in [0.717, 1.165) is 10.0 Å². The zero-order chi connectivity index (χ0) is 16.4. The minimum absolute atomic E-state index is 0.0713. The first-order valence-electron chi connectivity index (χ1n) is 7.01. The van der Waals surface area contributed by atoms with Gasteiger partial charge in [-0.2, -0.15) is 0 Å². The normalized spacial score (nSPS) is 10.9. The Kier molecular flexibility index (Phi) is 4.85. The first kappa shape index (κ1) is 16.5. The van der Waals surface area contributed by atoms with Gasteiger partial charge >= 0.3 is 5.97 Å². The maximum absolute atomic E-state index is 12.8. The molecular weight excluding hydrogens is 350 g/mol. The van der Waals surface area contributed by atoms with Crippen LogP contribution >= 0.6 is 15.9 Å². The molecule has 2 aromatic rings. The molecule has 0 aliphatic carbocycles. The molecule has 118 valence electrons. The number of hydrogen-bond acceptors (Lipinski definition) is 3. The summed E-state index contributed by atoms with van der Waals surface area (Å²) in [6.07, 6.45) is 1.79. The molecule has 22 heavy (non-hydrogen) atoms. The van der Waals surface area contributed by atoms with Crippen LogP contribution in [-0.2, 0) is 4.79 Å². The summed E-state index contributed by atoms with van der Waals surface area (Å²) in [5.74, 6) is -1.12. The number of nitrogens with zero attached hydrogens (tertiary/aromatic N) is 3. The number of rotatable bonds is 5. The Balaban J connectivity index is 2.46. The molecule has 0 atom stereocenters. The van der Waals surface area contributed by atoms with Crippen molar-refractivity contribution < 1.29 is 14.7 Å². The van der Waals surface area contributed by atoms with Crippen molar-refractivity contribution in [2.75, 3.05) is 13.1 Å². The zero-order valence-electron chi connectivity index (χ0n) is 12.8. The second kappa shape index (κ2) is 6.48. The zero-order valence-corrected chi connectivity index (χ0v) is 14.3. The van der Waals surface area contributed by atoms with E-state index in [-0.39, 0.29) is 18.9 Å². The van der Waals surface area contributed by atoms with E-state index in [2.05, 4.69) is 20.9 Å². The molecule has 0 fully saturated rings. The molecule has 0 spiro atoms. The van der Waals surface area contributed by atoms with Gasteiger partial charge in [-0.1, -0.05) is 0 Å². The van der Waals surface area contributed by atoms with Crippen LogP contribution in [0.5, 0.6) is 0 Å². The molecule has 0 bridgehead atoms. The SMILES string of the molecule is CCN(CCC(=O)O)C(=O)c1c(C)nc2c(Br)cc(C)cn12. The Hall–Kier alpha value is -1.89. The molecule has 2 rings (SSSR count). The van der Waals surface area contributed by atoms with E-state index in [0.29, 0.717) is 23.6 Å². The van der Waals surface area contributed by atoms with Crippen molar-refractivity contribution in [1.29, 1.82) is 0 Å². The van der Waals surface area contributed by atoms with Crippen LogP contribution in [0.2, 0.25) is 0 Å². The summed E-state index contributed by atoms with van der Waals surface area (Å²) in [5, 5.41) is 8.81. The van der Waals surface area contributed by atoms with Crippen molar-refractivity contribution >= 4 is 33.5 Å². The summed E-state index contributed by atoms with van der Waals surface area (Å²) in [6.45, 7) is 6.19. The molecule has 0 saturated carbocycles. The van der Waals surface area contributed by atoms with Gasteiger partial charge in [-0.15, -0.1) is 0 Å². The third kappa shape index (κ3) is 3.14. The van der Waals surface area contributed by atoms with Gasteiger partial charge in [0.25, 0.3) is 5.91 Å². The highest BCUT2D eigenvalue weighted by Gasteiger charge is 2.23. The van der Waals surface area contributed by atoms with E-state index in [9.17, 15) is 9.59 Å². The van der Waals surface area contributed by atoms with Crippen LogP contribution in [0.4, 0.5) is 0 Å². The lowest BCUT2D eigenvalue weighted by molar-refractivity contribution is -0.137. The highest BCUT2D eigenvalue weighted by molar-refractivity contribution is 9.10. The molecule has 0 aliphatic heterocycles. The van der Waals surface area contributed by atoms with Crippen molar-refractivity contribution in [3.63, 3.8) is 0 Å². The van der Waals surface area contributed by atoms with E-state index in [1.54, 1.807) is 11.3 Å². The standard InChI is InChI=1S/C15H18BrN3O3/c1-4-18(6-5-12(20)21)15(22)13-10(3)17-14-11(16)7-9(2)8-19(13)14/h7-8H,4-6H2,1-3H3,(H,20,21). The number of halogens is 1. The third-order valence-electron chi connectivity index (χ3n) is 3.45. The van der Waals surface area contributed by atoms with Gasteiger partial charge in [-0.25, -0.2) is 4.98 Å². The Morgan fingerprint density at radius 1 is 1.41 bits per heavy atom. The lowest BCUT2D eigenvalue weighted by Crippen LogP contribution is -2.34. The van der Waals surface area contributed by atoms with Crippen LogP contribution in [0.1, 0.15) is 35.1 Å². The second-order valence-electron chi connectivity index (χ2n) is 5.13. The van der Waals surface area contributed by atoms with Gasteiger partial charge in [0.2, 0.25) is 0 Å². The summed E-state index contributed by atoms with van der Waals surface area (Å²) in [6, 6.07) is 1.94. The maximum Gasteiger partial charge on any atom is 0.305 e. The van der Waals surface area contributed by atoms with Gasteiger partial charge in [0, 0.05) is 19.3 Å². The average molecular weight is 368 g/mol. The summed E-state index contributed by atoms with van der Waals surface area (Å²) in [7, 11) is 0. The maximum atomic E-state index is 12.8. The number of hydrogen-bond donors (Lipinski definition) is 1. The first-order valence-corrected chi connectivity index (χ1v) is 7.80. The number of aliphatic carboxylic acids is 1. The molecule has 2 heterocycles. The van der Waals surface area contributed by atoms with Crippen LogP contribution in [0.3, 0.4) is 0 Å². The molecular formula is C15H18BrN3O3. The van der Waals surface area contributed by atoms with Gasteiger partial charge in [0.05, 0.1) is 16.6 Å². The molecule has 0 unspecified atom stereocenters. The summed E-state index contributed by atoms with van der Waals surface area (Å²) in [4.78, 5) is 29.5. The third-order valence-corrected chi connectivity index (χ3v) is 4.04. The predicted molar refractivity (Wildman–Crippen MR) is 86.2 cm³/mol. The average Bonchev–Trinajstić information content (AvgIpc) is 2.75. The molecule has 0 radical (unpaired) electrons. The monoisotopic (exact) mass is 367 g/mol. The topological polar surface area (TPSA) is 74.9 Å². The Morgan fingerprint density at radius 2 is 2.09 bits per heavy atom. The molecule has 6 nitrogen and oxygen atoms in total. The number of carboxylic acids is 1. The number of carboxylic acid groups (broad SMARTS) is 1. The Morgan fingerprint density at radius 3 is 2.68 bits per heavy atom. The first-order chi connectivity index (χ1) is 10.3. The number of carbonyl (C=O) groups is 2. The number of fused-ring (bicyclic) bond motifs is 1. The Bertz CT molecular complexity index is 739. The van der Waals surface area contributed by atoms with Gasteiger partial charge in [0.15, 0.2) is 5.65 Å². The van der Waals surface area contributed by atoms with E-state index in [1.807, 2.05) is 26.1 Å². The quantitative estimate of drug-likeness (QED) is 0.881. The van der Waals surface area contributed by atoms with E-state index in [1.165, 1.54) is 4.90 Å². The highest BCUT2D eigenvalue weighted by atomic mass is 79.9. The lowest BCUT2D eigenvalue weighted by Gasteiger charge is -2.20. The molecule has 1 amide bonds. The number of aromatic nitrogens is 2. The van der Waals surface area contributed by atoms with E-state index >= 15 is 0 Å². The summed E-state index contributed by atoms with van der Waals surface area (Å²) < 4.78 is 2.59. The Labute approximate surface area is 136 Å². The molecule has 1 N–H and O–H groups in total. The van der Waals surface area contributed by atoms with Crippen LogP contribution in [0.25, 0.3) is 5.65 Å². The van der Waals surface area contributed by atoms with Crippen molar-refractivity contribution in [1.82, 2.24) is 14.3 Å². The van der Waals surface area contributed by atoms with Gasteiger partial charge in [-0.3, -0.25) is 14.0 Å². The smallest absolute Gasteiger partial charge is 0.305 e. The van der Waals surface area contributed by atoms with Crippen molar-refractivity contribution in [2.24, 2.45) is 0 Å². The van der Waals surface area contributed by atoms with Crippen LogP contribution in [0.15, 0.2) is 16.7 Å². The number of amides is 1. The highest BCUT2D eigenvalue weighted by Crippen LogP contribution is 2.23. The number of carbonyl (C=O) groups excluding carboxylic acids is 1. The molecule has 7 heteroatoms. The van der Waals surface area contributed by atoms with Crippen LogP contribution in [-0.4, -0.2) is 44.4 Å². The lowest BCUT2D eigenvalue weighted by atomic mass is 10.2. The van der Waals surface area contributed by atoms with Crippen LogP contribution in [0, 0.1) is 13.8 Å². The van der Waals surface area contributed by atoms with Gasteiger partial charge in [-0.05, 0) is 48.3 Å². The minimum Gasteiger partial charge on any atom is -0.481 e. The molecule has 0 aliphatic rings.